The van der Waals surface area contributed by atoms with E-state index in [9.17, 15) is 9.59 Å². The van der Waals surface area contributed by atoms with Crippen LogP contribution in [0.2, 0.25) is 0 Å². The molecule has 0 radical (unpaired) electrons. The van der Waals surface area contributed by atoms with E-state index < -0.39 is 5.97 Å². The lowest BCUT2D eigenvalue weighted by Gasteiger charge is -2.17. The van der Waals surface area contributed by atoms with Gasteiger partial charge in [0.25, 0.3) is 0 Å². The maximum absolute atomic E-state index is 12.1. The third-order valence-electron chi connectivity index (χ3n) is 5.56. The summed E-state index contributed by atoms with van der Waals surface area (Å²) < 4.78 is 5.66. The minimum absolute atomic E-state index is 0.00894. The van der Waals surface area contributed by atoms with E-state index in [1.54, 1.807) is 0 Å². The Morgan fingerprint density at radius 3 is 1.62 bits per heavy atom. The molecule has 1 atom stereocenters. The van der Waals surface area contributed by atoms with Crippen LogP contribution in [0.1, 0.15) is 142 Å². The Morgan fingerprint density at radius 1 is 0.621 bits per heavy atom. The van der Waals surface area contributed by atoms with Crippen molar-refractivity contribution >= 4 is 11.9 Å². The van der Waals surface area contributed by atoms with Crippen molar-refractivity contribution in [1.82, 2.24) is 0 Å². The Morgan fingerprint density at radius 2 is 1.10 bits per heavy atom. The van der Waals surface area contributed by atoms with Crippen LogP contribution in [-0.2, 0) is 14.3 Å². The van der Waals surface area contributed by atoms with Gasteiger partial charge in [-0.3, -0.25) is 9.59 Å². The average Bonchev–Trinajstić information content (AvgIpc) is 2.68. The number of carboxylic acid groups (broad SMARTS) is 1. The Bertz CT molecular complexity index is 381. The Hall–Kier alpha value is -1.06. The van der Waals surface area contributed by atoms with Crippen molar-refractivity contribution in [3.63, 3.8) is 0 Å². The van der Waals surface area contributed by atoms with E-state index in [0.29, 0.717) is 12.8 Å². The summed E-state index contributed by atoms with van der Waals surface area (Å²) in [5, 5.41) is 8.67. The number of ether oxygens (including phenoxy) is 1. The van der Waals surface area contributed by atoms with Gasteiger partial charge in [-0.1, -0.05) is 97.3 Å². The van der Waals surface area contributed by atoms with Crippen LogP contribution in [0.25, 0.3) is 0 Å². The van der Waals surface area contributed by atoms with Gasteiger partial charge in [0.1, 0.15) is 6.10 Å². The highest BCUT2D eigenvalue weighted by Gasteiger charge is 2.13. The molecule has 0 aliphatic rings. The maximum atomic E-state index is 12.1. The number of rotatable bonds is 22. The van der Waals surface area contributed by atoms with Crippen molar-refractivity contribution in [2.24, 2.45) is 0 Å². The molecule has 0 aromatic rings. The van der Waals surface area contributed by atoms with Crippen LogP contribution < -0.4 is 0 Å². The highest BCUT2D eigenvalue weighted by Crippen LogP contribution is 2.16. The summed E-state index contributed by atoms with van der Waals surface area (Å²) >= 11 is 0. The van der Waals surface area contributed by atoms with Crippen molar-refractivity contribution in [2.45, 2.75) is 148 Å². The minimum Gasteiger partial charge on any atom is -0.481 e. The van der Waals surface area contributed by atoms with Crippen LogP contribution in [-0.4, -0.2) is 23.1 Å². The van der Waals surface area contributed by atoms with Crippen molar-refractivity contribution in [3.8, 4) is 0 Å². The predicted molar refractivity (Wildman–Crippen MR) is 121 cm³/mol. The van der Waals surface area contributed by atoms with E-state index in [-0.39, 0.29) is 18.5 Å². The van der Waals surface area contributed by atoms with E-state index in [4.69, 9.17) is 9.84 Å². The Kier molecular flexibility index (Phi) is 20.9. The monoisotopic (exact) mass is 412 g/mol. The minimum atomic E-state index is -0.732. The summed E-state index contributed by atoms with van der Waals surface area (Å²) in [6.45, 7) is 4.37. The molecule has 0 aromatic heterocycles. The number of aliphatic carboxylic acids is 1. The van der Waals surface area contributed by atoms with Gasteiger partial charge in [-0.2, -0.15) is 0 Å². The van der Waals surface area contributed by atoms with Gasteiger partial charge in [0, 0.05) is 12.8 Å². The molecule has 0 fully saturated rings. The molecule has 0 saturated carbocycles. The first-order valence-electron chi connectivity index (χ1n) is 12.5. The molecule has 1 N–H and O–H groups in total. The lowest BCUT2D eigenvalue weighted by atomic mass is 10.0. The second-order valence-electron chi connectivity index (χ2n) is 8.53. The molecule has 29 heavy (non-hydrogen) atoms. The number of hydrogen-bond acceptors (Lipinski definition) is 3. The fourth-order valence-electron chi connectivity index (χ4n) is 3.76. The molecule has 0 aromatic carbocycles. The lowest BCUT2D eigenvalue weighted by molar-refractivity contribution is -0.150. The number of carbonyl (C=O) groups excluding carboxylic acids is 1. The average molecular weight is 413 g/mol. The Balaban J connectivity index is 3.57. The molecule has 4 heteroatoms. The van der Waals surface area contributed by atoms with Crippen LogP contribution in [0.4, 0.5) is 0 Å². The van der Waals surface area contributed by atoms with Gasteiger partial charge in [0.15, 0.2) is 0 Å². The third-order valence-corrected chi connectivity index (χ3v) is 5.56. The molecular weight excluding hydrogens is 364 g/mol. The van der Waals surface area contributed by atoms with Gasteiger partial charge in [-0.15, -0.1) is 0 Å². The SMILES string of the molecule is CCCCCCCCCCCCCCC(=O)OC(CCC)CCCCCC(=O)O. The molecule has 0 aliphatic heterocycles. The zero-order chi connectivity index (χ0) is 21.6. The topological polar surface area (TPSA) is 63.6 Å². The molecule has 4 nitrogen and oxygen atoms in total. The fraction of sp³-hybridized carbons (Fsp3) is 0.920. The smallest absolute Gasteiger partial charge is 0.306 e. The summed E-state index contributed by atoms with van der Waals surface area (Å²) in [5.41, 5.74) is 0. The van der Waals surface area contributed by atoms with Crippen LogP contribution in [0.15, 0.2) is 0 Å². The maximum Gasteiger partial charge on any atom is 0.306 e. The second kappa shape index (κ2) is 21.6. The summed E-state index contributed by atoms with van der Waals surface area (Å²) in [4.78, 5) is 22.6. The number of carbonyl (C=O) groups is 2. The van der Waals surface area contributed by atoms with E-state index in [0.717, 1.165) is 44.9 Å². The van der Waals surface area contributed by atoms with E-state index in [1.165, 1.54) is 64.2 Å². The lowest BCUT2D eigenvalue weighted by Crippen LogP contribution is -2.18. The first kappa shape index (κ1) is 27.9. The summed E-state index contributed by atoms with van der Waals surface area (Å²) in [6.07, 6.45) is 21.6. The van der Waals surface area contributed by atoms with Crippen LogP contribution >= 0.6 is 0 Å². The molecule has 0 bridgehead atoms. The number of carboxylic acids is 1. The van der Waals surface area contributed by atoms with Crippen molar-refractivity contribution < 1.29 is 19.4 Å². The van der Waals surface area contributed by atoms with Crippen LogP contribution in [0, 0.1) is 0 Å². The molecule has 0 rings (SSSR count). The molecule has 0 heterocycles. The number of hydrogen-bond donors (Lipinski definition) is 1. The van der Waals surface area contributed by atoms with Gasteiger partial charge in [0.05, 0.1) is 0 Å². The summed E-state index contributed by atoms with van der Waals surface area (Å²) in [6, 6.07) is 0. The summed E-state index contributed by atoms with van der Waals surface area (Å²) in [5.74, 6) is -0.787. The van der Waals surface area contributed by atoms with Crippen molar-refractivity contribution in [1.29, 1.82) is 0 Å². The molecular formula is C25H48O4. The predicted octanol–water partition coefficient (Wildman–Crippen LogP) is 7.82. The number of esters is 1. The first-order chi connectivity index (χ1) is 14.1. The standard InChI is InChI=1S/C25H48O4/c1-3-5-6-7-8-9-10-11-12-13-14-18-22-25(28)29-23(19-4-2)20-16-15-17-21-24(26)27/h23H,3-22H2,1-2H3,(H,26,27). The van der Waals surface area contributed by atoms with E-state index >= 15 is 0 Å². The highest BCUT2D eigenvalue weighted by atomic mass is 16.5. The Labute approximate surface area is 180 Å². The van der Waals surface area contributed by atoms with Gasteiger partial charge in [-0.05, 0) is 32.1 Å². The van der Waals surface area contributed by atoms with Gasteiger partial charge < -0.3 is 9.84 Å². The second-order valence-corrected chi connectivity index (χ2v) is 8.53. The quantitative estimate of drug-likeness (QED) is 0.145. The molecule has 1 unspecified atom stereocenters. The largest absolute Gasteiger partial charge is 0.481 e. The summed E-state index contributed by atoms with van der Waals surface area (Å²) in [7, 11) is 0. The van der Waals surface area contributed by atoms with Crippen LogP contribution in [0.5, 0.6) is 0 Å². The van der Waals surface area contributed by atoms with Gasteiger partial charge in [-0.25, -0.2) is 0 Å². The number of unbranched alkanes of at least 4 members (excludes halogenated alkanes) is 13. The molecule has 0 aliphatic carbocycles. The van der Waals surface area contributed by atoms with Crippen molar-refractivity contribution in [2.75, 3.05) is 0 Å². The molecule has 0 amide bonds. The third kappa shape index (κ3) is 21.5. The first-order valence-corrected chi connectivity index (χ1v) is 12.5. The van der Waals surface area contributed by atoms with Gasteiger partial charge in [0.2, 0.25) is 0 Å². The van der Waals surface area contributed by atoms with Crippen molar-refractivity contribution in [3.05, 3.63) is 0 Å². The molecule has 0 saturated heterocycles. The normalized spacial score (nSPS) is 12.1. The van der Waals surface area contributed by atoms with E-state index in [2.05, 4.69) is 13.8 Å². The highest BCUT2D eigenvalue weighted by molar-refractivity contribution is 5.69. The van der Waals surface area contributed by atoms with E-state index in [1.807, 2.05) is 0 Å². The fourth-order valence-corrected chi connectivity index (χ4v) is 3.76. The molecule has 172 valence electrons. The zero-order valence-corrected chi connectivity index (χ0v) is 19.4. The zero-order valence-electron chi connectivity index (χ0n) is 19.4. The van der Waals surface area contributed by atoms with Gasteiger partial charge >= 0.3 is 11.9 Å². The molecule has 0 spiro atoms. The van der Waals surface area contributed by atoms with Crippen LogP contribution in [0.3, 0.4) is 0 Å².